The van der Waals surface area contributed by atoms with E-state index in [1.54, 1.807) is 6.07 Å². The maximum Gasteiger partial charge on any atom is 0.192 e. The van der Waals surface area contributed by atoms with E-state index in [2.05, 4.69) is 30.7 Å². The lowest BCUT2D eigenvalue weighted by molar-refractivity contribution is 0.169. The second-order valence-electron chi connectivity index (χ2n) is 5.57. The minimum Gasteiger partial charge on any atom is -0.370 e. The molecule has 2 unspecified atom stereocenters. The molecule has 2 rings (SSSR count). The van der Waals surface area contributed by atoms with E-state index in [0.29, 0.717) is 25.0 Å². The summed E-state index contributed by atoms with van der Waals surface area (Å²) in [6.07, 6.45) is 1.61. The molecule has 0 fully saturated rings. The highest BCUT2D eigenvalue weighted by atomic mass is 19.1. The lowest BCUT2D eigenvalue weighted by atomic mass is 9.90. The van der Waals surface area contributed by atoms with Crippen molar-refractivity contribution in [2.24, 2.45) is 10.7 Å². The number of hydrogen-bond acceptors (Lipinski definition) is 3. The van der Waals surface area contributed by atoms with Crippen LogP contribution in [0.2, 0.25) is 0 Å². The first-order valence-electron chi connectivity index (χ1n) is 6.80. The molecule has 0 aromatic heterocycles. The van der Waals surface area contributed by atoms with E-state index in [1.165, 1.54) is 6.07 Å². The highest BCUT2D eigenvalue weighted by Crippen LogP contribution is 2.29. The molecule has 1 aliphatic rings. The Morgan fingerprint density at radius 3 is 2.79 bits per heavy atom. The van der Waals surface area contributed by atoms with Crippen molar-refractivity contribution in [3.05, 3.63) is 35.6 Å². The van der Waals surface area contributed by atoms with Crippen LogP contribution in [0.1, 0.15) is 32.8 Å². The molecule has 0 bridgehead atoms. The molecule has 2 atom stereocenters. The molecule has 19 heavy (non-hydrogen) atoms. The van der Waals surface area contributed by atoms with Crippen LogP contribution in [-0.2, 0) is 6.42 Å². The number of nitrogens with two attached hydrogens (primary N) is 1. The van der Waals surface area contributed by atoms with Crippen molar-refractivity contribution in [1.82, 2.24) is 4.90 Å². The smallest absolute Gasteiger partial charge is 0.192 e. The van der Waals surface area contributed by atoms with E-state index < -0.39 is 0 Å². The van der Waals surface area contributed by atoms with Gasteiger partial charge in [0.15, 0.2) is 5.96 Å². The minimum atomic E-state index is -0.234. The highest BCUT2D eigenvalue weighted by Gasteiger charge is 2.40. The molecule has 1 aromatic carbocycles. The zero-order valence-corrected chi connectivity index (χ0v) is 11.9. The molecule has 2 N–H and O–H groups in total. The predicted octanol–water partition coefficient (Wildman–Crippen LogP) is 2.56. The van der Waals surface area contributed by atoms with E-state index >= 15 is 0 Å². The van der Waals surface area contributed by atoms with Crippen molar-refractivity contribution < 1.29 is 4.39 Å². The van der Waals surface area contributed by atoms with Crippen LogP contribution in [0.5, 0.6) is 0 Å². The second kappa shape index (κ2) is 5.19. The van der Waals surface area contributed by atoms with Gasteiger partial charge in [0, 0.05) is 12.5 Å². The SMILES string of the molecule is CCC(C)N1C(N)=NCC1(C)Cc1ccccc1F. The topological polar surface area (TPSA) is 41.6 Å². The first-order chi connectivity index (χ1) is 8.98. The molecular weight excluding hydrogens is 241 g/mol. The summed E-state index contributed by atoms with van der Waals surface area (Å²) in [6, 6.07) is 7.24. The number of halogens is 1. The van der Waals surface area contributed by atoms with Crippen molar-refractivity contribution in [3.63, 3.8) is 0 Å². The Labute approximate surface area is 114 Å². The Morgan fingerprint density at radius 2 is 2.16 bits per heavy atom. The summed E-state index contributed by atoms with van der Waals surface area (Å²) in [7, 11) is 0. The monoisotopic (exact) mass is 263 g/mol. The van der Waals surface area contributed by atoms with E-state index in [0.717, 1.165) is 12.0 Å². The van der Waals surface area contributed by atoms with Crippen molar-refractivity contribution in [3.8, 4) is 0 Å². The van der Waals surface area contributed by atoms with Crippen molar-refractivity contribution in [1.29, 1.82) is 0 Å². The zero-order valence-electron chi connectivity index (χ0n) is 11.9. The number of guanidine groups is 1. The molecule has 0 spiro atoms. The summed E-state index contributed by atoms with van der Waals surface area (Å²) in [5.41, 5.74) is 6.50. The van der Waals surface area contributed by atoms with Gasteiger partial charge in [-0.25, -0.2) is 4.39 Å². The van der Waals surface area contributed by atoms with E-state index in [9.17, 15) is 4.39 Å². The molecule has 3 nitrogen and oxygen atoms in total. The third-order valence-corrected chi connectivity index (χ3v) is 3.97. The van der Waals surface area contributed by atoms with Gasteiger partial charge >= 0.3 is 0 Å². The molecule has 0 amide bonds. The van der Waals surface area contributed by atoms with Crippen LogP contribution >= 0.6 is 0 Å². The third kappa shape index (κ3) is 2.57. The van der Waals surface area contributed by atoms with Gasteiger partial charge in [-0.1, -0.05) is 25.1 Å². The molecule has 1 aliphatic heterocycles. The summed E-state index contributed by atoms with van der Waals surface area (Å²) in [5, 5.41) is 0. The van der Waals surface area contributed by atoms with E-state index in [-0.39, 0.29) is 11.4 Å². The maximum atomic E-state index is 13.8. The van der Waals surface area contributed by atoms with Gasteiger partial charge in [0.2, 0.25) is 0 Å². The average Bonchev–Trinajstić information content (AvgIpc) is 2.67. The summed E-state index contributed by atoms with van der Waals surface area (Å²) in [4.78, 5) is 6.50. The van der Waals surface area contributed by atoms with Crippen LogP contribution in [0, 0.1) is 5.82 Å². The summed E-state index contributed by atoms with van der Waals surface area (Å²) < 4.78 is 13.8. The molecule has 1 aromatic rings. The van der Waals surface area contributed by atoms with Gasteiger partial charge in [0.25, 0.3) is 0 Å². The molecule has 0 aliphatic carbocycles. The van der Waals surface area contributed by atoms with Gasteiger partial charge in [-0.3, -0.25) is 4.99 Å². The molecule has 104 valence electrons. The van der Waals surface area contributed by atoms with Crippen LogP contribution < -0.4 is 5.73 Å². The standard InChI is InChI=1S/C15H22FN3/c1-4-11(2)19-14(17)18-10-15(19,3)9-12-7-5-6-8-13(12)16/h5-8,11H,4,9-10H2,1-3H3,(H2,17,18). The van der Waals surface area contributed by atoms with Gasteiger partial charge < -0.3 is 10.6 Å². The Morgan fingerprint density at radius 1 is 1.47 bits per heavy atom. The summed E-state index contributed by atoms with van der Waals surface area (Å²) in [5.74, 6) is 0.423. The zero-order chi connectivity index (χ0) is 14.0. The quantitative estimate of drug-likeness (QED) is 0.907. The Kier molecular flexibility index (Phi) is 3.78. The summed E-state index contributed by atoms with van der Waals surface area (Å²) >= 11 is 0. The fraction of sp³-hybridized carbons (Fsp3) is 0.533. The van der Waals surface area contributed by atoms with Crippen LogP contribution in [-0.4, -0.2) is 29.0 Å². The molecule has 1 heterocycles. The number of benzene rings is 1. The predicted molar refractivity (Wildman–Crippen MR) is 76.6 cm³/mol. The van der Waals surface area contributed by atoms with Gasteiger partial charge in [-0.05, 0) is 31.9 Å². The third-order valence-electron chi connectivity index (χ3n) is 3.97. The first kappa shape index (κ1) is 13.8. The van der Waals surface area contributed by atoms with Gasteiger partial charge in [0.05, 0.1) is 12.1 Å². The van der Waals surface area contributed by atoms with Crippen molar-refractivity contribution in [2.75, 3.05) is 6.54 Å². The van der Waals surface area contributed by atoms with Crippen molar-refractivity contribution in [2.45, 2.75) is 45.2 Å². The molecule has 4 heteroatoms. The minimum absolute atomic E-state index is 0.154. The van der Waals surface area contributed by atoms with Crippen LogP contribution in [0.3, 0.4) is 0 Å². The molecule has 0 saturated heterocycles. The number of hydrogen-bond donors (Lipinski definition) is 1. The normalized spacial score (nSPS) is 24.4. The largest absolute Gasteiger partial charge is 0.370 e. The Balaban J connectivity index is 2.25. The highest BCUT2D eigenvalue weighted by molar-refractivity contribution is 5.81. The second-order valence-corrected chi connectivity index (χ2v) is 5.57. The fourth-order valence-electron chi connectivity index (χ4n) is 2.81. The van der Waals surface area contributed by atoms with Crippen molar-refractivity contribution >= 4 is 5.96 Å². The maximum absolute atomic E-state index is 13.8. The molecule has 0 saturated carbocycles. The molecular formula is C15H22FN3. The van der Waals surface area contributed by atoms with Gasteiger partial charge in [-0.2, -0.15) is 0 Å². The van der Waals surface area contributed by atoms with E-state index in [1.807, 2.05) is 12.1 Å². The van der Waals surface area contributed by atoms with Gasteiger partial charge in [0.1, 0.15) is 5.82 Å². The first-order valence-corrected chi connectivity index (χ1v) is 6.80. The number of rotatable bonds is 4. The molecule has 0 radical (unpaired) electrons. The van der Waals surface area contributed by atoms with Crippen LogP contribution in [0.4, 0.5) is 4.39 Å². The van der Waals surface area contributed by atoms with Gasteiger partial charge in [-0.15, -0.1) is 0 Å². The van der Waals surface area contributed by atoms with Crippen LogP contribution in [0.15, 0.2) is 29.3 Å². The number of nitrogens with zero attached hydrogens (tertiary/aromatic N) is 2. The fourth-order valence-corrected chi connectivity index (χ4v) is 2.81. The number of aliphatic imine (C=N–C) groups is 1. The summed E-state index contributed by atoms with van der Waals surface area (Å²) in [6.45, 7) is 6.99. The average molecular weight is 263 g/mol. The van der Waals surface area contributed by atoms with E-state index in [4.69, 9.17) is 5.73 Å². The van der Waals surface area contributed by atoms with Crippen LogP contribution in [0.25, 0.3) is 0 Å². The Bertz CT molecular complexity index is 486. The lowest BCUT2D eigenvalue weighted by Gasteiger charge is -2.40. The lowest BCUT2D eigenvalue weighted by Crippen LogP contribution is -2.54. The Hall–Kier alpha value is -1.58.